The van der Waals surface area contributed by atoms with Gasteiger partial charge in [-0.2, -0.15) is 0 Å². The van der Waals surface area contributed by atoms with Gasteiger partial charge in [-0.15, -0.1) is 0 Å². The Morgan fingerprint density at radius 2 is 2.17 bits per heavy atom. The quantitative estimate of drug-likeness (QED) is 0.854. The largest absolute Gasteiger partial charge is 0.468 e. The van der Waals surface area contributed by atoms with Crippen molar-refractivity contribution in [3.8, 4) is 0 Å². The van der Waals surface area contributed by atoms with Gasteiger partial charge in [0.1, 0.15) is 5.76 Å². The Kier molecular flexibility index (Phi) is 4.38. The van der Waals surface area contributed by atoms with Gasteiger partial charge in [0.15, 0.2) is 0 Å². The lowest BCUT2D eigenvalue weighted by Crippen LogP contribution is -2.52. The number of amides is 1. The van der Waals surface area contributed by atoms with Gasteiger partial charge in [-0.1, -0.05) is 6.92 Å². The summed E-state index contributed by atoms with van der Waals surface area (Å²) in [7, 11) is 0. The molecule has 1 atom stereocenters. The van der Waals surface area contributed by atoms with Gasteiger partial charge in [0.2, 0.25) is 5.91 Å². The lowest BCUT2D eigenvalue weighted by molar-refractivity contribution is -0.134. The van der Waals surface area contributed by atoms with Crippen LogP contribution < -0.4 is 5.73 Å². The van der Waals surface area contributed by atoms with Gasteiger partial charge in [0, 0.05) is 26.2 Å². The van der Waals surface area contributed by atoms with Crippen molar-refractivity contribution in [2.45, 2.75) is 25.9 Å². The van der Waals surface area contributed by atoms with Crippen LogP contribution in [0.3, 0.4) is 0 Å². The number of carbonyl (C=O) groups excluding carboxylic acids is 1. The molecule has 1 amide bonds. The second kappa shape index (κ2) is 6.02. The topological polar surface area (TPSA) is 62.7 Å². The fourth-order valence-electron chi connectivity index (χ4n) is 2.16. The molecular formula is C13H21N3O2. The fourth-order valence-corrected chi connectivity index (χ4v) is 2.16. The Balaban J connectivity index is 1.79. The van der Waals surface area contributed by atoms with E-state index < -0.39 is 0 Å². The molecule has 18 heavy (non-hydrogen) atoms. The Morgan fingerprint density at radius 1 is 1.44 bits per heavy atom. The minimum absolute atomic E-state index is 0.0788. The summed E-state index contributed by atoms with van der Waals surface area (Å²) in [6, 6.07) is 3.53. The molecule has 0 aromatic carbocycles. The molecule has 5 nitrogen and oxygen atoms in total. The molecule has 100 valence electrons. The number of nitrogens with two attached hydrogens (primary N) is 1. The normalized spacial score (nSPS) is 18.9. The van der Waals surface area contributed by atoms with Crippen molar-refractivity contribution in [2.24, 2.45) is 5.73 Å². The lowest BCUT2D eigenvalue weighted by atomic mass is 10.2. The number of hydrogen-bond donors (Lipinski definition) is 1. The molecule has 2 rings (SSSR count). The van der Waals surface area contributed by atoms with E-state index in [4.69, 9.17) is 10.2 Å². The summed E-state index contributed by atoms with van der Waals surface area (Å²) in [5.41, 5.74) is 5.77. The molecule has 2 heterocycles. The minimum atomic E-state index is -0.346. The van der Waals surface area contributed by atoms with Crippen molar-refractivity contribution in [2.75, 3.05) is 26.2 Å². The number of rotatable bonds is 4. The van der Waals surface area contributed by atoms with Gasteiger partial charge < -0.3 is 15.1 Å². The van der Waals surface area contributed by atoms with Crippen LogP contribution in [0, 0.1) is 0 Å². The van der Waals surface area contributed by atoms with E-state index in [-0.39, 0.29) is 11.9 Å². The van der Waals surface area contributed by atoms with Gasteiger partial charge in [0.05, 0.1) is 18.8 Å². The van der Waals surface area contributed by atoms with Crippen LogP contribution in [0.5, 0.6) is 0 Å². The van der Waals surface area contributed by atoms with Gasteiger partial charge >= 0.3 is 0 Å². The molecule has 0 radical (unpaired) electrons. The van der Waals surface area contributed by atoms with E-state index in [0.29, 0.717) is 6.42 Å². The lowest BCUT2D eigenvalue weighted by Gasteiger charge is -2.35. The van der Waals surface area contributed by atoms with Crippen LogP contribution in [0.15, 0.2) is 22.8 Å². The average Bonchev–Trinajstić information content (AvgIpc) is 2.91. The predicted octanol–water partition coefficient (Wildman–Crippen LogP) is 0.661. The Labute approximate surface area is 108 Å². The second-order valence-electron chi connectivity index (χ2n) is 4.70. The Bertz CT molecular complexity index is 370. The highest BCUT2D eigenvalue weighted by atomic mass is 16.3. The first-order valence-corrected chi connectivity index (χ1v) is 6.49. The molecule has 1 fully saturated rings. The van der Waals surface area contributed by atoms with E-state index in [2.05, 4.69) is 4.90 Å². The molecule has 1 aromatic heterocycles. The number of carbonyl (C=O) groups is 1. The third kappa shape index (κ3) is 3.11. The number of hydrogen-bond acceptors (Lipinski definition) is 4. The molecule has 0 bridgehead atoms. The maximum Gasteiger partial charge on any atom is 0.239 e. The molecular weight excluding hydrogens is 230 g/mol. The molecule has 1 aliphatic heterocycles. The summed E-state index contributed by atoms with van der Waals surface area (Å²) in [4.78, 5) is 16.1. The highest BCUT2D eigenvalue weighted by Crippen LogP contribution is 2.10. The number of piperazine rings is 1. The highest BCUT2D eigenvalue weighted by molar-refractivity contribution is 5.81. The number of furan rings is 1. The zero-order valence-corrected chi connectivity index (χ0v) is 10.8. The summed E-state index contributed by atoms with van der Waals surface area (Å²) in [6.07, 6.45) is 2.39. The van der Waals surface area contributed by atoms with E-state index in [1.54, 1.807) is 6.26 Å². The summed E-state index contributed by atoms with van der Waals surface area (Å²) in [5, 5.41) is 0. The SMILES string of the molecule is CC[C@@H](N)C(=O)N1CCN(Cc2ccco2)CC1. The Morgan fingerprint density at radius 3 is 2.72 bits per heavy atom. The predicted molar refractivity (Wildman–Crippen MR) is 68.8 cm³/mol. The maximum absolute atomic E-state index is 11.9. The van der Waals surface area contributed by atoms with Gasteiger partial charge in [-0.05, 0) is 18.6 Å². The van der Waals surface area contributed by atoms with Crippen molar-refractivity contribution < 1.29 is 9.21 Å². The molecule has 1 aliphatic rings. The fraction of sp³-hybridized carbons (Fsp3) is 0.615. The Hall–Kier alpha value is -1.33. The van der Waals surface area contributed by atoms with Crippen LogP contribution in [-0.4, -0.2) is 47.9 Å². The summed E-state index contributed by atoms with van der Waals surface area (Å²) in [6.45, 7) is 6.02. The average molecular weight is 251 g/mol. The number of nitrogens with zero attached hydrogens (tertiary/aromatic N) is 2. The van der Waals surface area contributed by atoms with Gasteiger partial charge in [-0.3, -0.25) is 9.69 Å². The molecule has 0 saturated carbocycles. The van der Waals surface area contributed by atoms with Crippen LogP contribution in [0.2, 0.25) is 0 Å². The first-order chi connectivity index (χ1) is 8.70. The zero-order valence-electron chi connectivity index (χ0n) is 10.8. The van der Waals surface area contributed by atoms with Crippen molar-refractivity contribution >= 4 is 5.91 Å². The third-order valence-corrected chi connectivity index (χ3v) is 3.40. The van der Waals surface area contributed by atoms with Crippen molar-refractivity contribution in [1.29, 1.82) is 0 Å². The van der Waals surface area contributed by atoms with Crippen LogP contribution in [0.1, 0.15) is 19.1 Å². The van der Waals surface area contributed by atoms with E-state index in [9.17, 15) is 4.79 Å². The molecule has 1 aromatic rings. The first kappa shape index (κ1) is 13.1. The third-order valence-electron chi connectivity index (χ3n) is 3.40. The zero-order chi connectivity index (χ0) is 13.0. The monoisotopic (exact) mass is 251 g/mol. The molecule has 1 saturated heterocycles. The molecule has 0 aliphatic carbocycles. The van der Waals surface area contributed by atoms with E-state index in [0.717, 1.165) is 38.5 Å². The van der Waals surface area contributed by atoms with Crippen LogP contribution in [0.4, 0.5) is 0 Å². The smallest absolute Gasteiger partial charge is 0.239 e. The van der Waals surface area contributed by atoms with Gasteiger partial charge in [0.25, 0.3) is 0 Å². The van der Waals surface area contributed by atoms with Crippen molar-refractivity contribution in [3.63, 3.8) is 0 Å². The first-order valence-electron chi connectivity index (χ1n) is 6.49. The van der Waals surface area contributed by atoms with E-state index in [1.165, 1.54) is 0 Å². The van der Waals surface area contributed by atoms with Crippen LogP contribution >= 0.6 is 0 Å². The van der Waals surface area contributed by atoms with Crippen molar-refractivity contribution in [3.05, 3.63) is 24.2 Å². The molecule has 2 N–H and O–H groups in total. The minimum Gasteiger partial charge on any atom is -0.468 e. The van der Waals surface area contributed by atoms with Crippen molar-refractivity contribution in [1.82, 2.24) is 9.80 Å². The molecule has 0 spiro atoms. The summed E-state index contributed by atoms with van der Waals surface area (Å²) in [5.74, 6) is 1.05. The van der Waals surface area contributed by atoms with Crippen LogP contribution in [0.25, 0.3) is 0 Å². The summed E-state index contributed by atoms with van der Waals surface area (Å²) < 4.78 is 5.32. The molecule has 5 heteroatoms. The summed E-state index contributed by atoms with van der Waals surface area (Å²) >= 11 is 0. The van der Waals surface area contributed by atoms with E-state index >= 15 is 0 Å². The maximum atomic E-state index is 11.9. The second-order valence-corrected chi connectivity index (χ2v) is 4.70. The van der Waals surface area contributed by atoms with E-state index in [1.807, 2.05) is 24.0 Å². The highest BCUT2D eigenvalue weighted by Gasteiger charge is 2.24. The van der Waals surface area contributed by atoms with Crippen LogP contribution in [-0.2, 0) is 11.3 Å². The van der Waals surface area contributed by atoms with Gasteiger partial charge in [-0.25, -0.2) is 0 Å². The standard InChI is InChI=1S/C13H21N3O2/c1-2-12(14)13(17)16-7-5-15(6-8-16)10-11-4-3-9-18-11/h3-4,9,12H,2,5-8,10,14H2,1H3/t12-/m1/s1. The molecule has 0 unspecified atom stereocenters.